The van der Waals surface area contributed by atoms with Crippen LogP contribution in [0.15, 0.2) is 41.5 Å². The first-order valence-electron chi connectivity index (χ1n) is 19.7. The molecular formula is C41H59BN2O12. The van der Waals surface area contributed by atoms with E-state index in [0.29, 0.717) is 16.7 Å². The second-order valence-corrected chi connectivity index (χ2v) is 17.2. The van der Waals surface area contributed by atoms with Crippen LogP contribution in [-0.2, 0) is 42.9 Å². The average molecular weight is 783 g/mol. The zero-order valence-electron chi connectivity index (χ0n) is 34.4. The van der Waals surface area contributed by atoms with E-state index in [-0.39, 0.29) is 46.0 Å². The van der Waals surface area contributed by atoms with Gasteiger partial charge in [-0.05, 0) is 48.8 Å². The van der Waals surface area contributed by atoms with Gasteiger partial charge in [-0.1, -0.05) is 71.9 Å². The molecule has 5 rings (SSSR count). The minimum Gasteiger partial charge on any atom is -0.455 e. The Kier molecular flexibility index (Phi) is 12.6. The number of nitrogens with zero attached hydrogens (tertiary/aromatic N) is 1. The van der Waals surface area contributed by atoms with Crippen molar-refractivity contribution in [2.45, 2.75) is 123 Å². The molecule has 1 saturated heterocycles. The number of nitrogens with one attached hydrogen (secondary N) is 1. The van der Waals surface area contributed by atoms with Crippen LogP contribution in [0, 0.1) is 28.1 Å². The Labute approximate surface area is 330 Å². The number of hydroxylamine groups is 1. The van der Waals surface area contributed by atoms with Crippen LogP contribution in [-0.4, -0.2) is 116 Å². The normalized spacial score (nSPS) is 34.2. The van der Waals surface area contributed by atoms with Crippen LogP contribution in [0.3, 0.4) is 0 Å². The predicted molar refractivity (Wildman–Crippen MR) is 205 cm³/mol. The van der Waals surface area contributed by atoms with E-state index in [1.54, 1.807) is 66.1 Å². The van der Waals surface area contributed by atoms with E-state index in [9.17, 15) is 29.5 Å². The molecule has 0 spiro atoms. The Morgan fingerprint density at radius 3 is 2.21 bits per heavy atom. The molecule has 2 saturated carbocycles. The number of hydrogen-bond acceptors (Lipinski definition) is 13. The molecule has 1 aromatic rings. The van der Waals surface area contributed by atoms with Gasteiger partial charge in [-0.25, -0.2) is 15.1 Å². The number of carbonyl (C=O) groups excluding carboxylic acids is 5. The van der Waals surface area contributed by atoms with Gasteiger partial charge in [0.15, 0.2) is 25.3 Å². The summed E-state index contributed by atoms with van der Waals surface area (Å²) < 4.78 is 30.4. The van der Waals surface area contributed by atoms with Crippen molar-refractivity contribution in [3.05, 3.63) is 47.0 Å². The van der Waals surface area contributed by atoms with E-state index in [1.165, 1.54) is 4.90 Å². The van der Waals surface area contributed by atoms with Crippen LogP contribution in [0.2, 0.25) is 0 Å². The number of esters is 3. The van der Waals surface area contributed by atoms with Gasteiger partial charge in [0.05, 0.1) is 23.7 Å². The van der Waals surface area contributed by atoms with Crippen LogP contribution in [0.4, 0.5) is 4.79 Å². The topological polar surface area (TPSA) is 187 Å². The third-order valence-corrected chi connectivity index (χ3v) is 13.6. The van der Waals surface area contributed by atoms with Crippen LogP contribution in [0.1, 0.15) is 92.5 Å². The van der Waals surface area contributed by atoms with Crippen molar-refractivity contribution in [3.63, 3.8) is 0 Å². The van der Waals surface area contributed by atoms with Crippen molar-refractivity contribution in [2.24, 2.45) is 28.1 Å². The highest BCUT2D eigenvalue weighted by Gasteiger charge is 2.74. The first-order valence-corrected chi connectivity index (χ1v) is 19.7. The first kappa shape index (κ1) is 43.3. The minimum absolute atomic E-state index is 0.0113. The van der Waals surface area contributed by atoms with Crippen LogP contribution < -0.4 is 5.48 Å². The zero-order valence-corrected chi connectivity index (χ0v) is 34.4. The Hall–Kier alpha value is -3.79. The summed E-state index contributed by atoms with van der Waals surface area (Å²) in [6.45, 7) is 14.5. The molecule has 1 aromatic carbocycles. The molecule has 0 aromatic heterocycles. The number of rotatable bonds is 12. The van der Waals surface area contributed by atoms with Crippen LogP contribution in [0.25, 0.3) is 0 Å². The molecule has 1 aliphatic heterocycles. The quantitative estimate of drug-likeness (QED) is 0.0914. The number of hydrogen-bond donors (Lipinski definition) is 3. The molecule has 1 heterocycles. The summed E-state index contributed by atoms with van der Waals surface area (Å²) in [7, 11) is 3.29. The fourth-order valence-corrected chi connectivity index (χ4v) is 10.4. The highest BCUT2D eigenvalue weighted by Crippen LogP contribution is 2.67. The Morgan fingerprint density at radius 2 is 1.66 bits per heavy atom. The molecular weight excluding hydrogens is 723 g/mol. The number of aliphatic hydroxyl groups is 1. The lowest BCUT2D eigenvalue weighted by atomic mass is 9.40. The minimum atomic E-state index is -1.71. The van der Waals surface area contributed by atoms with E-state index < -0.39 is 99.8 Å². The van der Waals surface area contributed by atoms with Crippen LogP contribution >= 0.6 is 0 Å². The van der Waals surface area contributed by atoms with Gasteiger partial charge in [0.2, 0.25) is 0 Å². The lowest BCUT2D eigenvalue weighted by Crippen LogP contribution is -2.75. The summed E-state index contributed by atoms with van der Waals surface area (Å²) in [5.74, 6) is -4.72. The van der Waals surface area contributed by atoms with E-state index >= 15 is 4.79 Å². The Bertz CT molecular complexity index is 1720. The molecule has 3 fully saturated rings. The van der Waals surface area contributed by atoms with E-state index in [2.05, 4.69) is 5.48 Å². The average Bonchev–Trinajstić information content (AvgIpc) is 3.15. The van der Waals surface area contributed by atoms with Gasteiger partial charge < -0.3 is 38.9 Å². The highest BCUT2D eigenvalue weighted by atomic mass is 16.6. The van der Waals surface area contributed by atoms with Gasteiger partial charge in [-0.2, -0.15) is 0 Å². The Balaban J connectivity index is 1.69. The van der Waals surface area contributed by atoms with Crippen molar-refractivity contribution in [1.29, 1.82) is 0 Å². The molecule has 3 N–H and O–H groups in total. The fourth-order valence-electron chi connectivity index (χ4n) is 10.4. The van der Waals surface area contributed by atoms with Crippen molar-refractivity contribution in [3.8, 4) is 0 Å². The number of ether oxygens (including phenoxy) is 5. The third kappa shape index (κ3) is 7.17. The molecule has 308 valence electrons. The summed E-state index contributed by atoms with van der Waals surface area (Å²) in [6, 6.07) is 8.98. The lowest BCUT2D eigenvalue weighted by Gasteiger charge is -2.68. The van der Waals surface area contributed by atoms with Crippen molar-refractivity contribution in [1.82, 2.24) is 10.4 Å². The molecule has 56 heavy (non-hydrogen) atoms. The van der Waals surface area contributed by atoms with E-state index in [4.69, 9.17) is 23.7 Å². The molecule has 0 unspecified atom stereocenters. The largest absolute Gasteiger partial charge is 0.455 e. The molecule has 2 bridgehead atoms. The number of fused-ring (bicyclic) bond motifs is 5. The summed E-state index contributed by atoms with van der Waals surface area (Å²) in [5.41, 5.74) is -1.53. The molecule has 15 heteroatoms. The van der Waals surface area contributed by atoms with Gasteiger partial charge in [0.1, 0.15) is 12.2 Å². The van der Waals surface area contributed by atoms with E-state index in [1.807, 2.05) is 33.8 Å². The van der Waals surface area contributed by atoms with E-state index in [0.717, 1.165) is 0 Å². The second kappa shape index (κ2) is 16.2. The van der Waals surface area contributed by atoms with Crippen molar-refractivity contribution >= 4 is 37.1 Å². The predicted octanol–water partition coefficient (Wildman–Crippen LogP) is 3.85. The highest BCUT2D eigenvalue weighted by molar-refractivity contribution is 6.39. The van der Waals surface area contributed by atoms with Gasteiger partial charge in [0.25, 0.3) is 0 Å². The van der Waals surface area contributed by atoms with Gasteiger partial charge >= 0.3 is 24.0 Å². The third-order valence-electron chi connectivity index (χ3n) is 13.6. The number of amides is 1. The smallest absolute Gasteiger partial charge is 0.409 e. The second-order valence-electron chi connectivity index (χ2n) is 17.2. The van der Waals surface area contributed by atoms with Crippen molar-refractivity contribution in [2.75, 3.05) is 27.1 Å². The molecule has 11 atom stereocenters. The maximum absolute atomic E-state index is 15.6. The summed E-state index contributed by atoms with van der Waals surface area (Å²) in [6.07, 6.45) is -6.00. The zero-order chi connectivity index (χ0) is 41.5. The Morgan fingerprint density at radius 1 is 1.02 bits per heavy atom. The van der Waals surface area contributed by atoms with Gasteiger partial charge in [-0.15, -0.1) is 0 Å². The molecule has 14 nitrogen and oxygen atoms in total. The number of carbonyl (C=O) groups is 5. The SMILES string of the molecule is CCC(=O)O[C@H]1C(=O)[C@]2(C)[C@@H](OC(=O)N(C)C)C[C@H]3OC[C@@]3(C)[C@H]2[C@H](C)[C@]2(O)C[C@H](OC(=O)[C@H](OC(=O)CC)[C@@H](BCNO)c3ccccc3)C(C)=C1C2(C)C. The first-order chi connectivity index (χ1) is 26.2. The summed E-state index contributed by atoms with van der Waals surface area (Å²) in [4.78, 5) is 70.7. The van der Waals surface area contributed by atoms with Gasteiger partial charge in [-0.3, -0.25) is 14.4 Å². The van der Waals surface area contributed by atoms with Crippen molar-refractivity contribution < 1.29 is 58.0 Å². The summed E-state index contributed by atoms with van der Waals surface area (Å²) >= 11 is 0. The maximum Gasteiger partial charge on any atom is 0.409 e. The summed E-state index contributed by atoms with van der Waals surface area (Å²) in [5, 5.41) is 22.9. The monoisotopic (exact) mass is 782 g/mol. The molecule has 3 aliphatic carbocycles. The lowest BCUT2D eigenvalue weighted by molar-refractivity contribution is -0.302. The molecule has 1 amide bonds. The number of benzene rings is 1. The van der Waals surface area contributed by atoms with Crippen LogP contribution in [0.5, 0.6) is 0 Å². The molecule has 0 radical (unpaired) electrons. The fraction of sp³-hybridized carbons (Fsp3) is 0.683. The van der Waals surface area contributed by atoms with Gasteiger partial charge in [0, 0.05) is 56.4 Å². The molecule has 4 aliphatic rings. The standard InChI is InChI=1S/C41H59BN2O12/c1-11-28(45)55-32-30-22(3)25(53-36(48)33(56-29(46)12-2)31(42-21-43-51)24-16-14-13-15-17-24)19-41(50,38(30,5)6)23(4)34-39(7)20-52-26(39)18-27(40(34,8)35(32)47)54-37(49)44(9)10/h13-17,23,25-27,31-34,42-43,50-51H,11-12,18-21H2,1-10H3/t23-,25-,26+,27-,31-,32+,33+,34+,39+,40+,41+/m0/s1. The number of Topliss-reactive ketones (excluding diaryl/α,β-unsaturated/α-hetero) is 1. The number of ketones is 1. The maximum atomic E-state index is 15.6.